The van der Waals surface area contributed by atoms with Crippen LogP contribution in [0, 0.1) is 0 Å². The first-order chi connectivity index (χ1) is 6.33. The summed E-state index contributed by atoms with van der Waals surface area (Å²) in [5.74, 6) is 0.0130. The average molecular weight is 185 g/mol. The van der Waals surface area contributed by atoms with Gasteiger partial charge in [0.25, 0.3) is 0 Å². The molecule has 1 aliphatic heterocycles. The lowest BCUT2D eigenvalue weighted by molar-refractivity contribution is -0.123. The Morgan fingerprint density at radius 1 is 1.54 bits per heavy atom. The third-order valence-electron chi connectivity index (χ3n) is 1.74. The summed E-state index contributed by atoms with van der Waals surface area (Å²) in [6.07, 6.45) is 2.54. The van der Waals surface area contributed by atoms with Crippen LogP contribution < -0.4 is 5.32 Å². The largest absolute Gasteiger partial charge is 0.353 e. The molecular weight excluding hydrogens is 170 g/mol. The van der Waals surface area contributed by atoms with E-state index in [2.05, 4.69) is 11.9 Å². The topological polar surface area (TPSA) is 47.6 Å². The first kappa shape index (κ1) is 10.2. The molecule has 1 aliphatic rings. The van der Waals surface area contributed by atoms with Crippen molar-refractivity contribution < 1.29 is 14.3 Å². The molecule has 4 nitrogen and oxygen atoms in total. The molecule has 0 radical (unpaired) electrons. The van der Waals surface area contributed by atoms with Gasteiger partial charge >= 0.3 is 0 Å². The molecule has 4 heteroatoms. The van der Waals surface area contributed by atoms with Gasteiger partial charge in [0, 0.05) is 19.4 Å². The van der Waals surface area contributed by atoms with Gasteiger partial charge in [0.05, 0.1) is 13.2 Å². The number of amides is 1. The second-order valence-electron chi connectivity index (χ2n) is 2.80. The first-order valence-electron chi connectivity index (χ1n) is 4.43. The van der Waals surface area contributed by atoms with Crippen LogP contribution in [0.15, 0.2) is 12.7 Å². The molecule has 13 heavy (non-hydrogen) atoms. The van der Waals surface area contributed by atoms with Crippen molar-refractivity contribution in [2.45, 2.75) is 19.1 Å². The predicted octanol–water partition coefficient (Wildman–Crippen LogP) is 0.442. The number of nitrogens with one attached hydrogen (secondary N) is 1. The Balaban J connectivity index is 2.03. The van der Waals surface area contributed by atoms with E-state index in [-0.39, 0.29) is 12.2 Å². The number of hydrogen-bond donors (Lipinski definition) is 1. The lowest BCUT2D eigenvalue weighted by Crippen LogP contribution is -2.24. The monoisotopic (exact) mass is 185 g/mol. The van der Waals surface area contributed by atoms with Crippen LogP contribution in [0.1, 0.15) is 12.8 Å². The molecule has 0 aromatic heterocycles. The van der Waals surface area contributed by atoms with Crippen molar-refractivity contribution in [3.63, 3.8) is 0 Å². The zero-order valence-corrected chi connectivity index (χ0v) is 7.62. The first-order valence-corrected chi connectivity index (χ1v) is 4.43. The van der Waals surface area contributed by atoms with E-state index in [1.165, 1.54) is 0 Å². The minimum Gasteiger partial charge on any atom is -0.353 e. The van der Waals surface area contributed by atoms with Gasteiger partial charge in [-0.15, -0.1) is 6.58 Å². The molecule has 0 aromatic carbocycles. The summed E-state index contributed by atoms with van der Waals surface area (Å²) in [7, 11) is 0. The van der Waals surface area contributed by atoms with E-state index in [4.69, 9.17) is 9.47 Å². The average Bonchev–Trinajstić information content (AvgIpc) is 2.64. The maximum Gasteiger partial charge on any atom is 0.220 e. The number of carbonyl (C=O) groups excluding carboxylic acids is 1. The normalized spacial score (nSPS) is 17.2. The van der Waals surface area contributed by atoms with Gasteiger partial charge in [0.1, 0.15) is 0 Å². The molecule has 1 N–H and O–H groups in total. The number of rotatable bonds is 5. The second-order valence-corrected chi connectivity index (χ2v) is 2.80. The number of hydrogen-bond acceptors (Lipinski definition) is 3. The van der Waals surface area contributed by atoms with Crippen LogP contribution >= 0.6 is 0 Å². The summed E-state index contributed by atoms with van der Waals surface area (Å²) in [5.41, 5.74) is 0. The molecule has 1 saturated heterocycles. The molecule has 0 aromatic rings. The molecule has 0 saturated carbocycles. The van der Waals surface area contributed by atoms with Crippen molar-refractivity contribution in [3.8, 4) is 0 Å². The van der Waals surface area contributed by atoms with E-state index in [1.807, 2.05) is 0 Å². The van der Waals surface area contributed by atoms with Gasteiger partial charge in [0.15, 0.2) is 6.29 Å². The standard InChI is InChI=1S/C9H15NO3/c1-2-5-10-8(11)3-4-9-12-6-7-13-9/h2,9H,1,3-7H2,(H,10,11). The second kappa shape index (κ2) is 5.72. The summed E-state index contributed by atoms with van der Waals surface area (Å²) < 4.78 is 10.4. The van der Waals surface area contributed by atoms with Gasteiger partial charge in [-0.3, -0.25) is 4.79 Å². The minimum absolute atomic E-state index is 0.0130. The van der Waals surface area contributed by atoms with Gasteiger partial charge in [0.2, 0.25) is 5.91 Å². The molecular formula is C9H15NO3. The van der Waals surface area contributed by atoms with Crippen LogP contribution in [0.25, 0.3) is 0 Å². The summed E-state index contributed by atoms with van der Waals surface area (Å²) >= 11 is 0. The van der Waals surface area contributed by atoms with Crippen molar-refractivity contribution in [2.75, 3.05) is 19.8 Å². The predicted molar refractivity (Wildman–Crippen MR) is 48.1 cm³/mol. The highest BCUT2D eigenvalue weighted by Gasteiger charge is 2.16. The summed E-state index contributed by atoms with van der Waals surface area (Å²) in [5, 5.41) is 2.69. The SMILES string of the molecule is C=CCNC(=O)CCC1OCCO1. The molecule has 1 rings (SSSR count). The highest BCUT2D eigenvalue weighted by molar-refractivity contribution is 5.75. The Hall–Kier alpha value is -0.870. The lowest BCUT2D eigenvalue weighted by Gasteiger charge is -2.07. The Kier molecular flexibility index (Phi) is 4.49. The van der Waals surface area contributed by atoms with Gasteiger partial charge in [-0.05, 0) is 0 Å². The molecule has 1 fully saturated rings. The molecule has 0 spiro atoms. The van der Waals surface area contributed by atoms with Gasteiger partial charge in [-0.2, -0.15) is 0 Å². The minimum atomic E-state index is -0.186. The van der Waals surface area contributed by atoms with E-state index < -0.39 is 0 Å². The third-order valence-corrected chi connectivity index (χ3v) is 1.74. The van der Waals surface area contributed by atoms with E-state index in [9.17, 15) is 4.79 Å². The van der Waals surface area contributed by atoms with Gasteiger partial charge in [-0.25, -0.2) is 0 Å². The van der Waals surface area contributed by atoms with Gasteiger partial charge < -0.3 is 14.8 Å². The highest BCUT2D eigenvalue weighted by Crippen LogP contribution is 2.09. The van der Waals surface area contributed by atoms with Crippen molar-refractivity contribution >= 4 is 5.91 Å². The third kappa shape index (κ3) is 4.05. The van der Waals surface area contributed by atoms with Crippen LogP contribution in [0.4, 0.5) is 0 Å². The molecule has 1 heterocycles. The van der Waals surface area contributed by atoms with E-state index in [1.54, 1.807) is 6.08 Å². The molecule has 0 aliphatic carbocycles. The van der Waals surface area contributed by atoms with Crippen LogP contribution in [0.3, 0.4) is 0 Å². The summed E-state index contributed by atoms with van der Waals surface area (Å²) in [4.78, 5) is 11.1. The van der Waals surface area contributed by atoms with Crippen molar-refractivity contribution in [2.24, 2.45) is 0 Å². The maximum atomic E-state index is 11.1. The summed E-state index contributed by atoms with van der Waals surface area (Å²) in [6, 6.07) is 0. The molecule has 1 amide bonds. The van der Waals surface area contributed by atoms with E-state index in [0.717, 1.165) is 0 Å². The van der Waals surface area contributed by atoms with Crippen LogP contribution in [0.5, 0.6) is 0 Å². The van der Waals surface area contributed by atoms with Crippen molar-refractivity contribution in [1.82, 2.24) is 5.32 Å². The van der Waals surface area contributed by atoms with Crippen molar-refractivity contribution in [3.05, 3.63) is 12.7 Å². The van der Waals surface area contributed by atoms with Crippen LogP contribution in [-0.4, -0.2) is 32.0 Å². The number of carbonyl (C=O) groups is 1. The Labute approximate surface area is 77.9 Å². The number of ether oxygens (including phenoxy) is 2. The zero-order valence-electron chi connectivity index (χ0n) is 7.62. The lowest BCUT2D eigenvalue weighted by atomic mass is 10.3. The molecule has 0 atom stereocenters. The zero-order chi connectivity index (χ0) is 9.52. The fraction of sp³-hybridized carbons (Fsp3) is 0.667. The van der Waals surface area contributed by atoms with E-state index >= 15 is 0 Å². The Morgan fingerprint density at radius 3 is 2.85 bits per heavy atom. The van der Waals surface area contributed by atoms with E-state index in [0.29, 0.717) is 32.6 Å². The Bertz CT molecular complexity index is 176. The Morgan fingerprint density at radius 2 is 2.23 bits per heavy atom. The van der Waals surface area contributed by atoms with Crippen LogP contribution in [-0.2, 0) is 14.3 Å². The fourth-order valence-electron chi connectivity index (χ4n) is 1.10. The quantitative estimate of drug-likeness (QED) is 0.632. The maximum absolute atomic E-state index is 11.1. The molecule has 0 unspecified atom stereocenters. The highest BCUT2D eigenvalue weighted by atomic mass is 16.7. The summed E-state index contributed by atoms with van der Waals surface area (Å²) in [6.45, 7) is 5.30. The van der Waals surface area contributed by atoms with Crippen LogP contribution in [0.2, 0.25) is 0 Å². The smallest absolute Gasteiger partial charge is 0.220 e. The fourth-order valence-corrected chi connectivity index (χ4v) is 1.10. The molecule has 74 valence electrons. The molecule has 0 bridgehead atoms. The van der Waals surface area contributed by atoms with Gasteiger partial charge in [-0.1, -0.05) is 6.08 Å². The van der Waals surface area contributed by atoms with Crippen molar-refractivity contribution in [1.29, 1.82) is 0 Å².